The third-order valence-electron chi connectivity index (χ3n) is 8.76. The number of ether oxygens (including phenoxy) is 4. The minimum atomic E-state index is -4.93. The lowest BCUT2D eigenvalue weighted by Crippen LogP contribution is -2.45. The number of anilines is 1. The Bertz CT molecular complexity index is 1990. The van der Waals surface area contributed by atoms with Crippen molar-refractivity contribution in [2.75, 3.05) is 12.3 Å². The minimum absolute atomic E-state index is 0.0628. The van der Waals surface area contributed by atoms with E-state index in [9.17, 15) is 33.3 Å². The average Bonchev–Trinajstić information content (AvgIpc) is 3.33. The molecule has 2 aromatic heterocycles. The molecule has 21 heteroatoms. The predicted molar refractivity (Wildman–Crippen MR) is 188 cm³/mol. The van der Waals surface area contributed by atoms with Crippen LogP contribution in [-0.4, -0.2) is 84.0 Å². The fraction of sp³-hybridized carbons (Fsp3) is 0.545. The molecule has 5 N–H and O–H groups in total. The summed E-state index contributed by atoms with van der Waals surface area (Å²) >= 11 is 0. The lowest BCUT2D eigenvalue weighted by Gasteiger charge is -2.31. The first-order valence-electron chi connectivity index (χ1n) is 17.0. The third-order valence-corrected chi connectivity index (χ3v) is 11.1. The molecule has 2 aliphatic rings. The number of hydrogen-bond donors (Lipinski definition) is 4. The van der Waals surface area contributed by atoms with Crippen LogP contribution in [0.2, 0.25) is 0 Å². The Labute approximate surface area is 310 Å². The largest absolute Gasteiger partial charge is 0.470 e. The van der Waals surface area contributed by atoms with Crippen molar-refractivity contribution in [1.82, 2.24) is 19.7 Å². The van der Waals surface area contributed by atoms with E-state index in [4.69, 9.17) is 33.7 Å². The summed E-state index contributed by atoms with van der Waals surface area (Å²) in [6.07, 6.45) is -2.72. The zero-order valence-corrected chi connectivity index (χ0v) is 32.7. The zero-order chi connectivity index (χ0) is 40.0. The molecule has 2 fully saturated rings. The van der Waals surface area contributed by atoms with E-state index in [0.29, 0.717) is 11.2 Å². The van der Waals surface area contributed by atoms with Gasteiger partial charge in [0.05, 0.1) is 17.5 Å². The number of nitrogens with zero attached hydrogens (tertiary/aromatic N) is 3. The summed E-state index contributed by atoms with van der Waals surface area (Å²) in [5.74, 6) is -3.46. The van der Waals surface area contributed by atoms with Crippen molar-refractivity contribution in [3.63, 3.8) is 0 Å². The van der Waals surface area contributed by atoms with Crippen molar-refractivity contribution in [1.29, 1.82) is 0 Å². The van der Waals surface area contributed by atoms with E-state index >= 15 is 0 Å². The molecule has 0 radical (unpaired) electrons. The van der Waals surface area contributed by atoms with Crippen molar-refractivity contribution in [3.05, 3.63) is 54.5 Å². The Morgan fingerprint density at radius 1 is 1.02 bits per heavy atom. The topological polar surface area (TPSA) is 259 Å². The van der Waals surface area contributed by atoms with Crippen LogP contribution in [-0.2, 0) is 51.5 Å². The van der Waals surface area contributed by atoms with Crippen molar-refractivity contribution in [2.45, 2.75) is 96.5 Å². The second kappa shape index (κ2) is 15.0. The second-order valence-electron chi connectivity index (χ2n) is 14.4. The molecular weight excluding hydrogens is 752 g/mol. The molecule has 0 bridgehead atoms. The van der Waals surface area contributed by atoms with Crippen LogP contribution in [0.5, 0.6) is 5.75 Å². The smallest absolute Gasteiger partial charge is 0.461 e. The molecular formula is C33H45N5O14P2. The molecule has 1 aliphatic carbocycles. The molecule has 7 atom stereocenters. The number of phosphoric acid groups is 1. The highest BCUT2D eigenvalue weighted by atomic mass is 31.2. The summed E-state index contributed by atoms with van der Waals surface area (Å²) < 4.78 is 68.5. The van der Waals surface area contributed by atoms with Gasteiger partial charge < -0.3 is 39.0 Å². The molecule has 3 aromatic rings. The number of carbonyl (C=O) groups is 3. The van der Waals surface area contributed by atoms with Gasteiger partial charge in [-0.15, -0.1) is 0 Å². The van der Waals surface area contributed by atoms with Crippen LogP contribution in [0, 0.1) is 11.8 Å². The number of carbonyl (C=O) groups excluding carboxylic acids is 3. The Kier molecular flexibility index (Phi) is 11.4. The molecule has 1 aliphatic heterocycles. The van der Waals surface area contributed by atoms with Crippen molar-refractivity contribution in [2.24, 2.45) is 11.8 Å². The highest BCUT2D eigenvalue weighted by Crippen LogP contribution is 2.71. The summed E-state index contributed by atoms with van der Waals surface area (Å²) in [6, 6.07) is 9.73. The summed E-state index contributed by atoms with van der Waals surface area (Å²) in [5.41, 5.74) is 1.73. The van der Waals surface area contributed by atoms with Gasteiger partial charge in [0.2, 0.25) is 5.60 Å². The molecule has 0 amide bonds. The summed E-state index contributed by atoms with van der Waals surface area (Å²) in [5, 5.41) is 6.84. The van der Waals surface area contributed by atoms with Gasteiger partial charge in [0.25, 0.3) is 0 Å². The number of hydrogen-bond acceptors (Lipinski definition) is 15. The zero-order valence-electron chi connectivity index (χ0n) is 30.9. The van der Waals surface area contributed by atoms with E-state index in [2.05, 4.69) is 19.7 Å². The minimum Gasteiger partial charge on any atom is -0.461 e. The lowest BCUT2D eigenvalue weighted by molar-refractivity contribution is -0.181. The monoisotopic (exact) mass is 797 g/mol. The first kappa shape index (κ1) is 41.2. The van der Waals surface area contributed by atoms with E-state index in [0.717, 1.165) is 0 Å². The number of rotatable bonds is 16. The maximum atomic E-state index is 14.8. The maximum Gasteiger partial charge on any atom is 0.470 e. The van der Waals surface area contributed by atoms with Crippen molar-refractivity contribution in [3.8, 4) is 5.75 Å². The summed E-state index contributed by atoms with van der Waals surface area (Å²) in [7, 11) is -9.64. The van der Waals surface area contributed by atoms with Gasteiger partial charge in [0.1, 0.15) is 53.7 Å². The maximum absolute atomic E-state index is 14.8. The first-order valence-corrected chi connectivity index (χ1v) is 20.0. The van der Waals surface area contributed by atoms with Gasteiger partial charge in [0.15, 0.2) is 11.9 Å². The number of fused-ring (bicyclic) bond motifs is 2. The Morgan fingerprint density at radius 3 is 2.28 bits per heavy atom. The van der Waals surface area contributed by atoms with E-state index < -0.39 is 93.1 Å². The van der Waals surface area contributed by atoms with Crippen LogP contribution in [0.3, 0.4) is 0 Å². The van der Waals surface area contributed by atoms with Gasteiger partial charge in [-0.2, -0.15) is 10.2 Å². The SMILES string of the molecule is CC(C)C(=O)O[C@H]1[C@H](c2ccc3c(N)ncnn23)O[C@]2(C)C(OP(=O)(N[C@@H](C)C(=O)OCC(C)(C)OP(=O)(O)O)Oc3ccccc3)[C@]12OC(=O)C(C)C. The van der Waals surface area contributed by atoms with Crippen LogP contribution in [0.4, 0.5) is 5.82 Å². The van der Waals surface area contributed by atoms with E-state index in [1.54, 1.807) is 58.0 Å². The van der Waals surface area contributed by atoms with Crippen LogP contribution in [0.1, 0.15) is 67.2 Å². The van der Waals surface area contributed by atoms with Gasteiger partial charge in [-0.25, -0.2) is 18.6 Å². The second-order valence-corrected chi connectivity index (χ2v) is 17.2. The molecule has 3 heterocycles. The standard InChI is InChI=1S/C33H45N5O14P2/c1-18(2)27(39)47-25-24(22-14-15-23-26(34)35-17-36-38(22)23)48-32(8)30(33(25,32)49-28(40)19(3)4)51-53(42,50-21-12-10-9-11-13-21)37-20(5)29(41)46-16-31(6,7)52-54(43,44)45/h9-15,17-20,24-25,30H,16H2,1-8H3,(H,37,42)(H2,34,35,36)(H2,43,44,45)/t20-,24-,25-,30?,32+,33+,53?/m0/s1. The molecule has 296 valence electrons. The summed E-state index contributed by atoms with van der Waals surface area (Å²) in [4.78, 5) is 62.3. The lowest BCUT2D eigenvalue weighted by atomic mass is 10.0. The van der Waals surface area contributed by atoms with E-state index in [1.807, 2.05) is 0 Å². The summed E-state index contributed by atoms with van der Waals surface area (Å²) in [6.45, 7) is 11.3. The highest BCUT2D eigenvalue weighted by Gasteiger charge is 2.91. The predicted octanol–water partition coefficient (Wildman–Crippen LogP) is 3.64. The molecule has 1 aromatic carbocycles. The number of esters is 3. The first-order chi connectivity index (χ1) is 25.0. The number of nitrogen functional groups attached to an aromatic ring is 1. The van der Waals surface area contributed by atoms with E-state index in [1.165, 1.54) is 50.7 Å². The number of para-hydroxylation sites is 1. The average molecular weight is 798 g/mol. The molecule has 2 unspecified atom stereocenters. The Hall–Kier alpha value is -3.93. The molecule has 1 saturated carbocycles. The van der Waals surface area contributed by atoms with Gasteiger partial charge in [-0.05, 0) is 52.0 Å². The molecule has 0 spiro atoms. The number of benzene rings is 1. The number of aromatic nitrogens is 3. The Morgan fingerprint density at radius 2 is 1.67 bits per heavy atom. The van der Waals surface area contributed by atoms with Gasteiger partial charge in [-0.3, -0.25) is 23.4 Å². The molecule has 5 rings (SSSR count). The van der Waals surface area contributed by atoms with Crippen molar-refractivity contribution >= 4 is 44.8 Å². The molecule has 54 heavy (non-hydrogen) atoms. The van der Waals surface area contributed by atoms with Gasteiger partial charge in [-0.1, -0.05) is 45.9 Å². The quantitative estimate of drug-likeness (QED) is 0.0916. The van der Waals surface area contributed by atoms with Crippen LogP contribution >= 0.6 is 15.6 Å². The Balaban J connectivity index is 1.52. The normalized spacial score (nSPS) is 25.5. The van der Waals surface area contributed by atoms with Crippen LogP contribution in [0.25, 0.3) is 5.52 Å². The van der Waals surface area contributed by atoms with Crippen LogP contribution < -0.4 is 15.3 Å². The van der Waals surface area contributed by atoms with Gasteiger partial charge in [0, 0.05) is 0 Å². The molecule has 19 nitrogen and oxygen atoms in total. The number of phosphoric ester groups is 1. The fourth-order valence-corrected chi connectivity index (χ4v) is 8.49. The van der Waals surface area contributed by atoms with Crippen LogP contribution in [0.15, 0.2) is 48.8 Å². The van der Waals surface area contributed by atoms with Crippen molar-refractivity contribution < 1.29 is 65.8 Å². The highest BCUT2D eigenvalue weighted by molar-refractivity contribution is 7.52. The fourth-order valence-electron chi connectivity index (χ4n) is 6.02. The third kappa shape index (κ3) is 8.33. The number of nitrogens with one attached hydrogen (secondary N) is 1. The number of nitrogens with two attached hydrogens (primary N) is 1. The van der Waals surface area contributed by atoms with Gasteiger partial charge >= 0.3 is 33.5 Å². The molecule has 1 saturated heterocycles. The van der Waals surface area contributed by atoms with E-state index in [-0.39, 0.29) is 11.6 Å².